The summed E-state index contributed by atoms with van der Waals surface area (Å²) in [4.78, 5) is 4.40. The van der Waals surface area contributed by atoms with Gasteiger partial charge in [-0.3, -0.25) is 4.99 Å². The molecule has 3 N–H and O–H groups in total. The van der Waals surface area contributed by atoms with Gasteiger partial charge < -0.3 is 20.5 Å². The number of guanidine groups is 1. The normalized spacial score (nSPS) is 21.9. The van der Waals surface area contributed by atoms with Gasteiger partial charge in [0.05, 0.1) is 18.2 Å². The van der Waals surface area contributed by atoms with Crippen molar-refractivity contribution in [3.63, 3.8) is 0 Å². The third-order valence-corrected chi connectivity index (χ3v) is 3.83. The Hall–Kier alpha value is -0.730. The molecule has 1 aliphatic heterocycles. The third-order valence-electron chi connectivity index (χ3n) is 3.54. The number of nitrogens with one attached hydrogen (secondary N) is 1. The number of methoxy groups -OCH3 is 1. The van der Waals surface area contributed by atoms with Crippen molar-refractivity contribution < 1.29 is 9.47 Å². The zero-order valence-electron chi connectivity index (χ0n) is 12.8. The molecule has 124 valence electrons. The smallest absolute Gasteiger partial charge is 0.193 e. The van der Waals surface area contributed by atoms with Gasteiger partial charge in [0, 0.05) is 18.8 Å². The molecule has 2 unspecified atom stereocenters. The topological polar surface area (TPSA) is 68.9 Å². The molecule has 1 saturated heterocycles. The first-order valence-electron chi connectivity index (χ1n) is 7.10. The maximum atomic E-state index is 6.07. The number of benzene rings is 1. The number of hydrogen-bond acceptors (Lipinski definition) is 3. The fourth-order valence-electron chi connectivity index (χ4n) is 2.42. The molecule has 7 heteroatoms. The lowest BCUT2D eigenvalue weighted by Crippen LogP contribution is -2.27. The van der Waals surface area contributed by atoms with Gasteiger partial charge in [-0.25, -0.2) is 0 Å². The highest BCUT2D eigenvalue weighted by atomic mass is 127. The highest BCUT2D eigenvalue weighted by Gasteiger charge is 2.18. The van der Waals surface area contributed by atoms with Gasteiger partial charge in [-0.2, -0.15) is 0 Å². The second-order valence-electron chi connectivity index (χ2n) is 5.27. The molecule has 2 rings (SSSR count). The second-order valence-corrected chi connectivity index (χ2v) is 5.68. The molecule has 1 aliphatic rings. The van der Waals surface area contributed by atoms with Gasteiger partial charge in [0.25, 0.3) is 0 Å². The van der Waals surface area contributed by atoms with E-state index in [1.807, 2.05) is 6.07 Å². The van der Waals surface area contributed by atoms with Gasteiger partial charge in [-0.05, 0) is 43.9 Å². The van der Waals surface area contributed by atoms with Crippen LogP contribution in [0, 0.1) is 5.92 Å². The summed E-state index contributed by atoms with van der Waals surface area (Å²) in [5.41, 5.74) is 6.71. The first-order chi connectivity index (χ1) is 10.1. The zero-order valence-corrected chi connectivity index (χ0v) is 15.9. The number of ether oxygens (including phenoxy) is 2. The number of halogens is 2. The summed E-state index contributed by atoms with van der Waals surface area (Å²) in [5, 5.41) is 3.58. The van der Waals surface area contributed by atoms with Crippen LogP contribution in [0.5, 0.6) is 5.75 Å². The molecule has 5 nitrogen and oxygen atoms in total. The van der Waals surface area contributed by atoms with E-state index in [4.69, 9.17) is 26.8 Å². The molecule has 1 aromatic rings. The summed E-state index contributed by atoms with van der Waals surface area (Å²) < 4.78 is 10.6. The minimum Gasteiger partial charge on any atom is -0.495 e. The van der Waals surface area contributed by atoms with Crippen molar-refractivity contribution in [1.82, 2.24) is 0 Å². The van der Waals surface area contributed by atoms with E-state index < -0.39 is 0 Å². The van der Waals surface area contributed by atoms with Gasteiger partial charge in [0.2, 0.25) is 0 Å². The van der Waals surface area contributed by atoms with E-state index in [0.717, 1.165) is 31.7 Å². The van der Waals surface area contributed by atoms with Gasteiger partial charge in [0.15, 0.2) is 5.96 Å². The molecule has 0 aromatic heterocycles. The Balaban J connectivity index is 0.00000242. The highest BCUT2D eigenvalue weighted by Crippen LogP contribution is 2.27. The minimum absolute atomic E-state index is 0. The van der Waals surface area contributed by atoms with Crippen LogP contribution in [-0.2, 0) is 4.74 Å². The van der Waals surface area contributed by atoms with Crippen LogP contribution in [-0.4, -0.2) is 32.3 Å². The molecule has 2 atom stereocenters. The lowest BCUT2D eigenvalue weighted by atomic mass is 9.96. The molecule has 1 aromatic carbocycles. The standard InChI is InChI=1S/C15H22ClN3O2.HI/c1-10-7-11(5-6-21-10)9-18-15(17)19-12-3-4-14(20-2)13(16)8-12;/h3-4,8,10-11H,5-7,9H2,1-2H3,(H3,17,18,19);1H. The summed E-state index contributed by atoms with van der Waals surface area (Å²) in [7, 11) is 1.58. The van der Waals surface area contributed by atoms with Gasteiger partial charge in [-0.1, -0.05) is 11.6 Å². The first kappa shape index (κ1) is 19.3. The van der Waals surface area contributed by atoms with Crippen LogP contribution >= 0.6 is 35.6 Å². The average Bonchev–Trinajstić information content (AvgIpc) is 2.45. The summed E-state index contributed by atoms with van der Waals surface area (Å²) in [5.74, 6) is 1.57. The molecule has 0 amide bonds. The first-order valence-corrected chi connectivity index (χ1v) is 7.48. The second kappa shape index (κ2) is 9.42. The van der Waals surface area contributed by atoms with Crippen molar-refractivity contribution in [2.24, 2.45) is 16.6 Å². The predicted octanol–water partition coefficient (Wildman–Crippen LogP) is 3.51. The molecule has 0 saturated carbocycles. The van der Waals surface area contributed by atoms with E-state index in [0.29, 0.717) is 28.8 Å². The summed E-state index contributed by atoms with van der Waals surface area (Å²) in [6, 6.07) is 5.40. The maximum absolute atomic E-state index is 6.07. The van der Waals surface area contributed by atoms with Crippen molar-refractivity contribution in [2.75, 3.05) is 25.6 Å². The van der Waals surface area contributed by atoms with Gasteiger partial charge >= 0.3 is 0 Å². The predicted molar refractivity (Wildman–Crippen MR) is 102 cm³/mol. The van der Waals surface area contributed by atoms with Gasteiger partial charge in [-0.15, -0.1) is 24.0 Å². The van der Waals surface area contributed by atoms with Crippen molar-refractivity contribution in [3.8, 4) is 5.75 Å². The molecule has 0 aliphatic carbocycles. The Morgan fingerprint density at radius 1 is 1.55 bits per heavy atom. The van der Waals surface area contributed by atoms with Crippen LogP contribution in [0.15, 0.2) is 23.2 Å². The monoisotopic (exact) mass is 439 g/mol. The van der Waals surface area contributed by atoms with Crippen LogP contribution in [0.25, 0.3) is 0 Å². The van der Waals surface area contributed by atoms with E-state index in [-0.39, 0.29) is 24.0 Å². The zero-order chi connectivity index (χ0) is 15.2. The van der Waals surface area contributed by atoms with Crippen LogP contribution in [0.1, 0.15) is 19.8 Å². The van der Waals surface area contributed by atoms with E-state index >= 15 is 0 Å². The Kier molecular flexibility index (Phi) is 8.27. The molecular formula is C15H23ClIN3O2. The van der Waals surface area contributed by atoms with Crippen molar-refractivity contribution in [3.05, 3.63) is 23.2 Å². The van der Waals surface area contributed by atoms with Crippen LogP contribution in [0.3, 0.4) is 0 Å². The number of nitrogens with zero attached hydrogens (tertiary/aromatic N) is 1. The van der Waals surface area contributed by atoms with E-state index in [1.165, 1.54) is 0 Å². The Labute approximate surface area is 153 Å². The maximum Gasteiger partial charge on any atom is 0.193 e. The lowest BCUT2D eigenvalue weighted by molar-refractivity contribution is 0.00482. The number of hydrogen-bond donors (Lipinski definition) is 2. The fourth-order valence-corrected chi connectivity index (χ4v) is 2.67. The minimum atomic E-state index is 0. The molecule has 1 heterocycles. The SMILES string of the molecule is COc1ccc(NC(N)=NCC2CCOC(C)C2)cc1Cl.I. The Bertz CT molecular complexity index is 514. The molecule has 22 heavy (non-hydrogen) atoms. The molecule has 1 fully saturated rings. The summed E-state index contributed by atoms with van der Waals surface area (Å²) in [6.45, 7) is 3.62. The van der Waals surface area contributed by atoms with E-state index in [1.54, 1.807) is 19.2 Å². The van der Waals surface area contributed by atoms with Crippen LogP contribution < -0.4 is 15.8 Å². The average molecular weight is 440 g/mol. The largest absolute Gasteiger partial charge is 0.495 e. The van der Waals surface area contributed by atoms with Gasteiger partial charge in [0.1, 0.15) is 5.75 Å². The number of aliphatic imine (C=N–C) groups is 1. The Morgan fingerprint density at radius 2 is 2.32 bits per heavy atom. The molecule has 0 spiro atoms. The van der Waals surface area contributed by atoms with Crippen molar-refractivity contribution >= 4 is 47.2 Å². The quantitative estimate of drug-likeness (QED) is 0.428. The number of anilines is 1. The Morgan fingerprint density at radius 3 is 2.95 bits per heavy atom. The number of nitrogens with two attached hydrogens (primary N) is 1. The lowest BCUT2D eigenvalue weighted by Gasteiger charge is -2.26. The molecule has 0 radical (unpaired) electrons. The molecular weight excluding hydrogens is 417 g/mol. The van der Waals surface area contributed by atoms with Crippen LogP contribution in [0.4, 0.5) is 5.69 Å². The van der Waals surface area contributed by atoms with Crippen molar-refractivity contribution in [1.29, 1.82) is 0 Å². The molecule has 0 bridgehead atoms. The van der Waals surface area contributed by atoms with Crippen molar-refractivity contribution in [2.45, 2.75) is 25.9 Å². The third kappa shape index (κ3) is 5.81. The number of rotatable bonds is 4. The summed E-state index contributed by atoms with van der Waals surface area (Å²) in [6.07, 6.45) is 2.38. The van der Waals surface area contributed by atoms with E-state index in [9.17, 15) is 0 Å². The fraction of sp³-hybridized carbons (Fsp3) is 0.533. The highest BCUT2D eigenvalue weighted by molar-refractivity contribution is 14.0. The summed E-state index contributed by atoms with van der Waals surface area (Å²) >= 11 is 6.07. The van der Waals surface area contributed by atoms with Crippen LogP contribution in [0.2, 0.25) is 5.02 Å². The van der Waals surface area contributed by atoms with E-state index in [2.05, 4.69) is 17.2 Å².